The second-order valence-corrected chi connectivity index (χ2v) is 10.8. The van der Waals surface area contributed by atoms with Gasteiger partial charge in [-0.25, -0.2) is 0 Å². The lowest BCUT2D eigenvalue weighted by Crippen LogP contribution is -2.53. The molecule has 1 aromatic carbocycles. The van der Waals surface area contributed by atoms with Crippen molar-refractivity contribution >= 4 is 39.2 Å². The van der Waals surface area contributed by atoms with E-state index in [4.69, 9.17) is 10.00 Å². The van der Waals surface area contributed by atoms with Crippen LogP contribution >= 0.6 is 15.9 Å². The second kappa shape index (κ2) is 7.65. The number of hydrogen-bond acceptors (Lipinski definition) is 6. The molecule has 4 aliphatic rings. The average Bonchev–Trinajstić information content (AvgIpc) is 2.64. The Morgan fingerprint density at radius 1 is 1.30 bits per heavy atom. The van der Waals surface area contributed by atoms with Crippen LogP contribution in [0.5, 0.6) is 0 Å². The molecule has 9 heteroatoms. The number of esters is 1. The monoisotopic (exact) mass is 475 g/mol. The van der Waals surface area contributed by atoms with E-state index in [0.717, 1.165) is 25.3 Å². The van der Waals surface area contributed by atoms with Gasteiger partial charge >= 0.3 is 5.97 Å². The fraction of sp³-hybridized carbons (Fsp3) is 0.571. The smallest absolute Gasteiger partial charge is 0.306 e. The fourth-order valence-electron chi connectivity index (χ4n) is 6.08. The number of anilines is 1. The minimum absolute atomic E-state index is 0.0277. The summed E-state index contributed by atoms with van der Waals surface area (Å²) in [6, 6.07) is 5.40. The maximum Gasteiger partial charge on any atom is 0.306 e. The van der Waals surface area contributed by atoms with Crippen LogP contribution in [0.3, 0.4) is 0 Å². The highest BCUT2D eigenvalue weighted by Crippen LogP contribution is 2.65. The summed E-state index contributed by atoms with van der Waals surface area (Å²) in [5.74, 6) is 0.352. The van der Waals surface area contributed by atoms with Gasteiger partial charge in [-0.3, -0.25) is 19.7 Å². The number of nitro groups is 1. The Morgan fingerprint density at radius 2 is 2.00 bits per heavy atom. The molecule has 4 fully saturated rings. The van der Waals surface area contributed by atoms with Crippen molar-refractivity contribution in [2.45, 2.75) is 49.3 Å². The van der Waals surface area contributed by atoms with Crippen LogP contribution in [0.4, 0.5) is 11.4 Å². The third-order valence-electron chi connectivity index (χ3n) is 6.60. The van der Waals surface area contributed by atoms with Crippen LogP contribution in [0.15, 0.2) is 18.2 Å². The highest BCUT2D eigenvalue weighted by atomic mass is 79.9. The number of carbonyl (C=O) groups is 2. The number of hydrogen-bond donors (Lipinski definition) is 1. The van der Waals surface area contributed by atoms with E-state index in [0.29, 0.717) is 18.3 Å². The number of nitro benzene ring substituents is 1. The van der Waals surface area contributed by atoms with Crippen molar-refractivity contribution in [3.63, 3.8) is 0 Å². The number of halogens is 1. The van der Waals surface area contributed by atoms with Gasteiger partial charge in [0.25, 0.3) is 11.6 Å². The number of nitriles is 1. The number of rotatable bonds is 6. The SMILES string of the molecule is N#Cc1cc([N+](=O)[O-])ccc1NC(=O)COC(=O)CC12C[C@H]3C[C@@H](CC(Br)(C3)C1)C2. The number of carbonyl (C=O) groups excluding carboxylic acids is 2. The summed E-state index contributed by atoms with van der Waals surface area (Å²) in [5.41, 5.74) is -0.157. The van der Waals surface area contributed by atoms with E-state index in [-0.39, 0.29) is 32.6 Å². The van der Waals surface area contributed by atoms with Gasteiger partial charge in [-0.05, 0) is 61.8 Å². The molecule has 0 aromatic heterocycles. The summed E-state index contributed by atoms with van der Waals surface area (Å²) in [6.07, 6.45) is 7.00. The molecule has 0 aliphatic heterocycles. The number of alkyl halides is 1. The number of nitrogens with zero attached hydrogens (tertiary/aromatic N) is 2. The molecule has 5 rings (SSSR count). The van der Waals surface area contributed by atoms with Gasteiger partial charge in [-0.1, -0.05) is 15.9 Å². The first-order valence-electron chi connectivity index (χ1n) is 10.0. The highest BCUT2D eigenvalue weighted by Gasteiger charge is 2.57. The Morgan fingerprint density at radius 3 is 2.60 bits per heavy atom. The summed E-state index contributed by atoms with van der Waals surface area (Å²) in [7, 11) is 0. The van der Waals surface area contributed by atoms with Crippen LogP contribution in [0.1, 0.15) is 50.5 Å². The lowest BCUT2D eigenvalue weighted by molar-refractivity contribution is -0.384. The second-order valence-electron chi connectivity index (χ2n) is 9.10. The van der Waals surface area contributed by atoms with Crippen molar-refractivity contribution < 1.29 is 19.2 Å². The van der Waals surface area contributed by atoms with Crippen molar-refractivity contribution in [3.05, 3.63) is 33.9 Å². The molecule has 0 unspecified atom stereocenters. The van der Waals surface area contributed by atoms with Gasteiger partial charge in [-0.2, -0.15) is 5.26 Å². The van der Waals surface area contributed by atoms with E-state index in [1.165, 1.54) is 31.4 Å². The molecular weight excluding hydrogens is 454 g/mol. The predicted molar refractivity (Wildman–Crippen MR) is 111 cm³/mol. The summed E-state index contributed by atoms with van der Waals surface area (Å²) in [4.78, 5) is 34.9. The Bertz CT molecular complexity index is 942. The molecule has 0 saturated heterocycles. The van der Waals surface area contributed by atoms with Crippen LogP contribution in [-0.2, 0) is 14.3 Å². The Hall–Kier alpha value is -2.47. The van der Waals surface area contributed by atoms with Gasteiger partial charge in [0.1, 0.15) is 6.07 Å². The van der Waals surface area contributed by atoms with Crippen molar-refractivity contribution in [2.24, 2.45) is 17.3 Å². The lowest BCUT2D eigenvalue weighted by Gasteiger charge is -2.60. The molecule has 1 N–H and O–H groups in total. The van der Waals surface area contributed by atoms with Crippen LogP contribution < -0.4 is 5.32 Å². The van der Waals surface area contributed by atoms with Gasteiger partial charge in [0.15, 0.2) is 6.61 Å². The first-order valence-corrected chi connectivity index (χ1v) is 10.8. The number of benzene rings is 1. The molecule has 4 saturated carbocycles. The Balaban J connectivity index is 1.32. The maximum atomic E-state index is 12.5. The summed E-state index contributed by atoms with van der Waals surface area (Å²) >= 11 is 3.92. The molecular formula is C21H22BrN3O5. The highest BCUT2D eigenvalue weighted by molar-refractivity contribution is 9.10. The predicted octanol–water partition coefficient (Wildman–Crippen LogP) is 4.07. The van der Waals surface area contributed by atoms with E-state index in [1.54, 1.807) is 0 Å². The van der Waals surface area contributed by atoms with Crippen LogP contribution in [0, 0.1) is 38.7 Å². The Kier molecular flexibility index (Phi) is 5.30. The van der Waals surface area contributed by atoms with E-state index >= 15 is 0 Å². The normalized spacial score (nSPS) is 31.1. The van der Waals surface area contributed by atoms with Crippen molar-refractivity contribution in [1.29, 1.82) is 5.26 Å². The van der Waals surface area contributed by atoms with E-state index < -0.39 is 17.4 Å². The zero-order valence-corrected chi connectivity index (χ0v) is 17.9. The Labute approximate surface area is 182 Å². The molecule has 158 valence electrons. The molecule has 4 bridgehead atoms. The third-order valence-corrected chi connectivity index (χ3v) is 7.53. The number of amides is 1. The van der Waals surface area contributed by atoms with E-state index in [9.17, 15) is 19.7 Å². The number of ether oxygens (including phenoxy) is 1. The van der Waals surface area contributed by atoms with Crippen molar-refractivity contribution in [3.8, 4) is 6.07 Å². The largest absolute Gasteiger partial charge is 0.456 e. The van der Waals surface area contributed by atoms with Gasteiger partial charge in [0.2, 0.25) is 0 Å². The topological polar surface area (TPSA) is 122 Å². The molecule has 30 heavy (non-hydrogen) atoms. The first kappa shape index (κ1) is 20.8. The maximum absolute atomic E-state index is 12.5. The molecule has 0 heterocycles. The van der Waals surface area contributed by atoms with Gasteiger partial charge in [0, 0.05) is 16.5 Å². The van der Waals surface area contributed by atoms with Gasteiger partial charge in [-0.15, -0.1) is 0 Å². The first-order chi connectivity index (χ1) is 14.2. The van der Waals surface area contributed by atoms with E-state index in [1.807, 2.05) is 6.07 Å². The van der Waals surface area contributed by atoms with Crippen molar-refractivity contribution in [1.82, 2.24) is 0 Å². The molecule has 1 amide bonds. The molecule has 1 aromatic rings. The fourth-order valence-corrected chi connectivity index (χ4v) is 7.59. The van der Waals surface area contributed by atoms with Crippen LogP contribution in [0.2, 0.25) is 0 Å². The molecule has 8 nitrogen and oxygen atoms in total. The molecule has 4 aliphatic carbocycles. The van der Waals surface area contributed by atoms with Crippen molar-refractivity contribution in [2.75, 3.05) is 11.9 Å². The molecule has 0 spiro atoms. The summed E-state index contributed by atoms with van der Waals surface area (Å²) in [6.45, 7) is -0.455. The standard InChI is InChI=1S/C21H22BrN3O5/c22-21-7-13-3-14(8-21)6-20(5-13,12-21)9-19(27)30-11-18(26)24-17-2-1-16(25(28)29)4-15(17)10-23/h1-2,4,13-14H,3,5-9,11-12H2,(H,24,26)/t13-,14-,20?,21?/m1/s1. The van der Waals surface area contributed by atoms with Gasteiger partial charge in [0.05, 0.1) is 22.6 Å². The van der Waals surface area contributed by atoms with Crippen LogP contribution in [0.25, 0.3) is 0 Å². The summed E-state index contributed by atoms with van der Waals surface area (Å²) in [5, 5.41) is 22.4. The third kappa shape index (κ3) is 4.19. The number of nitrogens with one attached hydrogen (secondary N) is 1. The molecule has 2 atom stereocenters. The molecule has 0 radical (unpaired) electrons. The van der Waals surface area contributed by atoms with E-state index in [2.05, 4.69) is 21.2 Å². The zero-order valence-electron chi connectivity index (χ0n) is 16.4. The lowest BCUT2D eigenvalue weighted by atomic mass is 9.49. The van der Waals surface area contributed by atoms with Gasteiger partial charge < -0.3 is 10.1 Å². The number of non-ortho nitro benzene ring substituents is 1. The average molecular weight is 476 g/mol. The van der Waals surface area contributed by atoms with Crippen LogP contribution in [-0.4, -0.2) is 27.7 Å². The minimum Gasteiger partial charge on any atom is -0.456 e. The minimum atomic E-state index is -0.615. The quantitative estimate of drug-likeness (QED) is 0.286. The zero-order chi connectivity index (χ0) is 21.5. The summed E-state index contributed by atoms with van der Waals surface area (Å²) < 4.78 is 5.38.